The number of para-hydroxylation sites is 2. The SMILES string of the molecule is CCN1c2ccccc21. The molecule has 0 atom stereocenters. The molecule has 0 amide bonds. The van der Waals surface area contributed by atoms with E-state index < -0.39 is 0 Å². The van der Waals surface area contributed by atoms with E-state index in [9.17, 15) is 0 Å². The molecule has 0 radical (unpaired) electrons. The van der Waals surface area contributed by atoms with E-state index in [0.717, 1.165) is 6.54 Å². The Morgan fingerprint density at radius 1 is 1.22 bits per heavy atom. The summed E-state index contributed by atoms with van der Waals surface area (Å²) < 4.78 is 0. The Bertz CT molecular complexity index is 207. The Hall–Kier alpha value is -0.980. The van der Waals surface area contributed by atoms with E-state index >= 15 is 0 Å². The van der Waals surface area contributed by atoms with E-state index in [2.05, 4.69) is 36.1 Å². The van der Waals surface area contributed by atoms with Gasteiger partial charge in [-0.2, -0.15) is 0 Å². The maximum absolute atomic E-state index is 2.29. The van der Waals surface area contributed by atoms with Gasteiger partial charge in [0.05, 0.1) is 11.4 Å². The summed E-state index contributed by atoms with van der Waals surface area (Å²) in [5, 5.41) is 0. The van der Waals surface area contributed by atoms with Gasteiger partial charge in [0, 0.05) is 6.54 Å². The summed E-state index contributed by atoms with van der Waals surface area (Å²) in [5.74, 6) is 0. The highest BCUT2D eigenvalue weighted by Gasteiger charge is 2.24. The second kappa shape index (κ2) is 1.50. The summed E-state index contributed by atoms with van der Waals surface area (Å²) in [7, 11) is 0. The molecule has 9 heavy (non-hydrogen) atoms. The fourth-order valence-electron chi connectivity index (χ4n) is 1.21. The minimum Gasteiger partial charge on any atom is -0.338 e. The molecule has 1 heterocycles. The number of hydrogen-bond donors (Lipinski definition) is 0. The summed E-state index contributed by atoms with van der Waals surface area (Å²) >= 11 is 0. The van der Waals surface area contributed by atoms with E-state index in [0.29, 0.717) is 0 Å². The van der Waals surface area contributed by atoms with E-state index in [4.69, 9.17) is 0 Å². The van der Waals surface area contributed by atoms with Gasteiger partial charge >= 0.3 is 0 Å². The van der Waals surface area contributed by atoms with E-state index in [-0.39, 0.29) is 0 Å². The molecular formula is C8H9N. The second-order valence-corrected chi connectivity index (χ2v) is 2.23. The van der Waals surface area contributed by atoms with Gasteiger partial charge in [-0.15, -0.1) is 0 Å². The smallest absolute Gasteiger partial charge is 0.0652 e. The standard InChI is InChI=1S/C8H9N/c1-2-9-7-5-3-4-6-8(7)9/h3-6H,2H2,1H3. The summed E-state index contributed by atoms with van der Waals surface area (Å²) in [6.07, 6.45) is 0. The molecule has 1 nitrogen and oxygen atoms in total. The molecule has 0 unspecified atom stereocenters. The van der Waals surface area contributed by atoms with Crippen LogP contribution in [0.2, 0.25) is 0 Å². The van der Waals surface area contributed by atoms with Crippen LogP contribution in [-0.4, -0.2) is 6.54 Å². The monoisotopic (exact) mass is 119 g/mol. The van der Waals surface area contributed by atoms with Crippen LogP contribution >= 0.6 is 0 Å². The maximum atomic E-state index is 2.29. The lowest BCUT2D eigenvalue weighted by Crippen LogP contribution is -1.94. The topological polar surface area (TPSA) is 3.01 Å². The molecule has 2 rings (SSSR count). The van der Waals surface area contributed by atoms with Crippen LogP contribution in [0, 0.1) is 0 Å². The largest absolute Gasteiger partial charge is 0.338 e. The number of nitrogens with zero attached hydrogens (tertiary/aromatic N) is 1. The van der Waals surface area contributed by atoms with Gasteiger partial charge in [-0.1, -0.05) is 12.1 Å². The molecule has 1 aliphatic rings. The highest BCUT2D eigenvalue weighted by molar-refractivity contribution is 5.92. The van der Waals surface area contributed by atoms with Crippen molar-refractivity contribution in [2.24, 2.45) is 0 Å². The van der Waals surface area contributed by atoms with Crippen LogP contribution in [0.25, 0.3) is 0 Å². The number of benzene rings is 1. The minimum atomic E-state index is 1.11. The van der Waals surface area contributed by atoms with Gasteiger partial charge in [0.25, 0.3) is 0 Å². The molecule has 0 bridgehead atoms. The van der Waals surface area contributed by atoms with Crippen molar-refractivity contribution in [2.75, 3.05) is 11.4 Å². The molecule has 1 aromatic carbocycles. The predicted molar refractivity (Wildman–Crippen MR) is 39.1 cm³/mol. The number of hydrogen-bond acceptors (Lipinski definition) is 1. The summed E-state index contributed by atoms with van der Waals surface area (Å²) in [6, 6.07) is 8.46. The Kier molecular flexibility index (Phi) is 0.810. The maximum Gasteiger partial charge on any atom is 0.0652 e. The quantitative estimate of drug-likeness (QED) is 0.512. The zero-order valence-corrected chi connectivity index (χ0v) is 5.46. The Morgan fingerprint density at radius 2 is 1.78 bits per heavy atom. The lowest BCUT2D eigenvalue weighted by molar-refractivity contribution is 1.13. The minimum absolute atomic E-state index is 1.11. The van der Waals surface area contributed by atoms with Crippen LogP contribution in [0.15, 0.2) is 24.3 Å². The fraction of sp³-hybridized carbons (Fsp3) is 0.250. The first-order valence-corrected chi connectivity index (χ1v) is 3.30. The third-order valence-corrected chi connectivity index (χ3v) is 1.73. The third kappa shape index (κ3) is 0.545. The van der Waals surface area contributed by atoms with Crippen molar-refractivity contribution in [2.45, 2.75) is 6.92 Å². The highest BCUT2D eigenvalue weighted by Crippen LogP contribution is 2.46. The first-order chi connectivity index (χ1) is 4.43. The molecule has 0 N–H and O–H groups in total. The molecule has 0 aromatic heterocycles. The van der Waals surface area contributed by atoms with Crippen molar-refractivity contribution in [3.8, 4) is 0 Å². The molecular weight excluding hydrogens is 110 g/mol. The fourth-order valence-corrected chi connectivity index (χ4v) is 1.21. The lowest BCUT2D eigenvalue weighted by Gasteiger charge is -1.90. The average Bonchev–Trinajstić information content (AvgIpc) is 2.60. The molecule has 46 valence electrons. The average molecular weight is 119 g/mol. The van der Waals surface area contributed by atoms with Crippen LogP contribution in [0.3, 0.4) is 0 Å². The van der Waals surface area contributed by atoms with E-state index in [1.165, 1.54) is 11.4 Å². The van der Waals surface area contributed by atoms with Gasteiger partial charge in [-0.3, -0.25) is 0 Å². The highest BCUT2D eigenvalue weighted by atomic mass is 15.3. The Labute approximate surface area is 54.9 Å². The molecule has 0 spiro atoms. The van der Waals surface area contributed by atoms with Gasteiger partial charge in [0.2, 0.25) is 0 Å². The van der Waals surface area contributed by atoms with Gasteiger partial charge in [0.15, 0.2) is 0 Å². The van der Waals surface area contributed by atoms with Crippen LogP contribution in [0.4, 0.5) is 11.4 Å². The zero-order chi connectivity index (χ0) is 6.27. The molecule has 1 heteroatoms. The van der Waals surface area contributed by atoms with Crippen molar-refractivity contribution in [3.63, 3.8) is 0 Å². The Morgan fingerprint density at radius 3 is 2.22 bits per heavy atom. The molecule has 0 fully saturated rings. The van der Waals surface area contributed by atoms with Crippen LogP contribution in [0.5, 0.6) is 0 Å². The molecule has 0 saturated heterocycles. The molecule has 0 saturated carbocycles. The van der Waals surface area contributed by atoms with E-state index in [1.54, 1.807) is 0 Å². The van der Waals surface area contributed by atoms with Crippen molar-refractivity contribution in [1.82, 2.24) is 0 Å². The second-order valence-electron chi connectivity index (χ2n) is 2.23. The predicted octanol–water partition coefficient (Wildman–Crippen LogP) is 2.16. The number of rotatable bonds is 1. The van der Waals surface area contributed by atoms with Gasteiger partial charge in [-0.05, 0) is 19.1 Å². The Balaban J connectivity index is 2.35. The summed E-state index contributed by atoms with van der Waals surface area (Å²) in [4.78, 5) is 2.29. The first-order valence-electron chi connectivity index (χ1n) is 3.30. The lowest BCUT2D eigenvalue weighted by atomic mass is 10.4. The third-order valence-electron chi connectivity index (χ3n) is 1.73. The van der Waals surface area contributed by atoms with Crippen LogP contribution in [-0.2, 0) is 0 Å². The molecule has 1 aromatic rings. The molecule has 1 aliphatic heterocycles. The van der Waals surface area contributed by atoms with Crippen molar-refractivity contribution in [3.05, 3.63) is 24.3 Å². The summed E-state index contributed by atoms with van der Waals surface area (Å²) in [6.45, 7) is 3.28. The van der Waals surface area contributed by atoms with Crippen molar-refractivity contribution < 1.29 is 0 Å². The van der Waals surface area contributed by atoms with Crippen LogP contribution < -0.4 is 4.90 Å². The van der Waals surface area contributed by atoms with Gasteiger partial charge in [-0.25, -0.2) is 0 Å². The van der Waals surface area contributed by atoms with E-state index in [1.807, 2.05) is 0 Å². The zero-order valence-electron chi connectivity index (χ0n) is 5.46. The number of fused-ring (bicyclic) bond motifs is 1. The van der Waals surface area contributed by atoms with Gasteiger partial charge in [0.1, 0.15) is 0 Å². The number of anilines is 2. The molecule has 0 aliphatic carbocycles. The first kappa shape index (κ1) is 4.86. The van der Waals surface area contributed by atoms with Gasteiger partial charge < -0.3 is 4.90 Å². The normalized spacial score (nSPS) is 13.2. The van der Waals surface area contributed by atoms with Crippen LogP contribution in [0.1, 0.15) is 6.92 Å². The van der Waals surface area contributed by atoms with Crippen molar-refractivity contribution in [1.29, 1.82) is 0 Å². The van der Waals surface area contributed by atoms with Crippen molar-refractivity contribution >= 4 is 11.4 Å². The summed E-state index contributed by atoms with van der Waals surface area (Å²) in [5.41, 5.74) is 2.81.